The number of primary amides is 1. The van der Waals surface area contributed by atoms with Crippen molar-refractivity contribution in [1.29, 1.82) is 0 Å². The number of aromatic nitrogens is 4. The van der Waals surface area contributed by atoms with E-state index in [0.29, 0.717) is 22.5 Å². The number of nitrogens with two attached hydrogens (primary N) is 1. The number of para-hydroxylation sites is 1. The topological polar surface area (TPSA) is 153 Å². The Balaban J connectivity index is 1.44. The molecule has 2 amide bonds. The van der Waals surface area contributed by atoms with Crippen LogP contribution >= 0.6 is 0 Å². The van der Waals surface area contributed by atoms with E-state index in [2.05, 4.69) is 20.7 Å². The molecule has 35 heavy (non-hydrogen) atoms. The second-order valence-electron chi connectivity index (χ2n) is 7.47. The van der Waals surface area contributed by atoms with Gasteiger partial charge in [-0.1, -0.05) is 36.4 Å². The molecule has 0 saturated carbocycles. The number of tetrazole rings is 1. The number of sulfonamides is 1. The molecule has 12 heteroatoms. The molecule has 0 bridgehead atoms. The van der Waals surface area contributed by atoms with Crippen molar-refractivity contribution in [3.05, 3.63) is 84.4 Å². The lowest BCUT2D eigenvalue weighted by molar-refractivity contribution is -0.117. The van der Waals surface area contributed by atoms with Gasteiger partial charge in [0.2, 0.25) is 17.6 Å². The zero-order valence-corrected chi connectivity index (χ0v) is 19.4. The largest absolute Gasteiger partial charge is 0.366 e. The highest BCUT2D eigenvalue weighted by Crippen LogP contribution is 2.23. The molecule has 4 aromatic rings. The summed E-state index contributed by atoms with van der Waals surface area (Å²) in [5, 5.41) is 14.6. The summed E-state index contributed by atoms with van der Waals surface area (Å²) in [4.78, 5) is 24.8. The van der Waals surface area contributed by atoms with Crippen LogP contribution in [0.1, 0.15) is 10.4 Å². The van der Waals surface area contributed by atoms with Crippen molar-refractivity contribution in [1.82, 2.24) is 20.2 Å². The third kappa shape index (κ3) is 5.33. The Kier molecular flexibility index (Phi) is 6.55. The molecule has 11 nitrogen and oxygen atoms in total. The van der Waals surface area contributed by atoms with E-state index in [-0.39, 0.29) is 17.3 Å². The number of rotatable bonds is 8. The van der Waals surface area contributed by atoms with Gasteiger partial charge in [-0.25, -0.2) is 8.42 Å². The van der Waals surface area contributed by atoms with Gasteiger partial charge in [-0.3, -0.25) is 13.9 Å². The van der Waals surface area contributed by atoms with Crippen LogP contribution in [0.3, 0.4) is 0 Å². The summed E-state index contributed by atoms with van der Waals surface area (Å²) < 4.78 is 27.2. The van der Waals surface area contributed by atoms with E-state index >= 15 is 0 Å². The third-order valence-electron chi connectivity index (χ3n) is 5.06. The lowest BCUT2D eigenvalue weighted by Gasteiger charge is -2.19. The summed E-state index contributed by atoms with van der Waals surface area (Å²) in [6.07, 6.45) is 0. The van der Waals surface area contributed by atoms with Gasteiger partial charge in [0.25, 0.3) is 10.0 Å². The maximum atomic E-state index is 13.0. The van der Waals surface area contributed by atoms with Gasteiger partial charge in [0, 0.05) is 23.9 Å². The van der Waals surface area contributed by atoms with E-state index in [9.17, 15) is 18.0 Å². The van der Waals surface area contributed by atoms with E-state index in [4.69, 9.17) is 5.73 Å². The number of carbonyl (C=O) groups excluding carboxylic acids is 2. The van der Waals surface area contributed by atoms with Crippen molar-refractivity contribution in [3.8, 4) is 11.4 Å². The zero-order valence-electron chi connectivity index (χ0n) is 18.6. The number of benzene rings is 3. The number of nitrogens with one attached hydrogen (secondary N) is 1. The SMILES string of the molecule is CN(c1ccccc1)S(=O)(=O)c1cccc(NC(=O)Cn2nnc(-c3ccc(C(N)=O)cc3)n2)c1. The molecule has 0 saturated heterocycles. The molecule has 0 fully saturated rings. The van der Waals surface area contributed by atoms with Crippen molar-refractivity contribution in [2.75, 3.05) is 16.7 Å². The fraction of sp³-hybridized carbons (Fsp3) is 0.0870. The fourth-order valence-electron chi connectivity index (χ4n) is 3.21. The van der Waals surface area contributed by atoms with Gasteiger partial charge in [0.15, 0.2) is 0 Å². The lowest BCUT2D eigenvalue weighted by Crippen LogP contribution is -2.26. The molecule has 3 N–H and O–H groups in total. The van der Waals surface area contributed by atoms with E-state index in [1.165, 1.54) is 23.5 Å². The highest BCUT2D eigenvalue weighted by atomic mass is 32.2. The zero-order chi connectivity index (χ0) is 25.0. The van der Waals surface area contributed by atoms with Gasteiger partial charge in [-0.15, -0.1) is 10.2 Å². The van der Waals surface area contributed by atoms with Crippen molar-refractivity contribution < 1.29 is 18.0 Å². The minimum atomic E-state index is -3.83. The highest BCUT2D eigenvalue weighted by Gasteiger charge is 2.22. The maximum absolute atomic E-state index is 13.0. The van der Waals surface area contributed by atoms with Gasteiger partial charge in [-0.2, -0.15) is 4.80 Å². The van der Waals surface area contributed by atoms with E-state index in [0.717, 1.165) is 4.80 Å². The molecule has 0 atom stereocenters. The summed E-state index contributed by atoms with van der Waals surface area (Å²) in [7, 11) is -2.37. The molecular formula is C23H21N7O4S. The molecule has 1 heterocycles. The average Bonchev–Trinajstić information content (AvgIpc) is 3.32. The molecule has 0 unspecified atom stereocenters. The second-order valence-corrected chi connectivity index (χ2v) is 9.44. The molecule has 0 aliphatic carbocycles. The molecule has 3 aromatic carbocycles. The monoisotopic (exact) mass is 491 g/mol. The first-order valence-corrected chi connectivity index (χ1v) is 11.8. The van der Waals surface area contributed by atoms with E-state index < -0.39 is 21.8 Å². The molecule has 0 aliphatic heterocycles. The number of nitrogens with zero attached hydrogens (tertiary/aromatic N) is 5. The predicted octanol–water partition coefficient (Wildman–Crippen LogP) is 1.90. The van der Waals surface area contributed by atoms with Gasteiger partial charge >= 0.3 is 0 Å². The first-order valence-electron chi connectivity index (χ1n) is 10.4. The first-order chi connectivity index (χ1) is 16.7. The number of hydrogen-bond acceptors (Lipinski definition) is 7. The Bertz CT molecular complexity index is 1470. The summed E-state index contributed by atoms with van der Waals surface area (Å²) in [5.41, 5.74) is 7.00. The summed E-state index contributed by atoms with van der Waals surface area (Å²) in [6, 6.07) is 21.0. The minimum absolute atomic E-state index is 0.0298. The van der Waals surface area contributed by atoms with E-state index in [1.807, 2.05) is 0 Å². The van der Waals surface area contributed by atoms with Crippen molar-refractivity contribution >= 4 is 33.2 Å². The average molecular weight is 492 g/mol. The number of hydrogen-bond donors (Lipinski definition) is 2. The van der Waals surface area contributed by atoms with Crippen LogP contribution in [0.2, 0.25) is 0 Å². The number of anilines is 2. The van der Waals surface area contributed by atoms with Crippen molar-refractivity contribution in [3.63, 3.8) is 0 Å². The van der Waals surface area contributed by atoms with Crippen LogP contribution in [0, 0.1) is 0 Å². The van der Waals surface area contributed by atoms with Crippen LogP contribution in [0.4, 0.5) is 11.4 Å². The van der Waals surface area contributed by atoms with Gasteiger partial charge in [-0.05, 0) is 47.7 Å². The van der Waals surface area contributed by atoms with Gasteiger partial charge in [0.05, 0.1) is 10.6 Å². The summed E-state index contributed by atoms with van der Waals surface area (Å²) in [5.74, 6) is -0.747. The fourth-order valence-corrected chi connectivity index (χ4v) is 4.45. The van der Waals surface area contributed by atoms with Crippen molar-refractivity contribution in [2.45, 2.75) is 11.4 Å². The first kappa shape index (κ1) is 23.6. The Labute approximate surface area is 201 Å². The summed E-state index contributed by atoms with van der Waals surface area (Å²) in [6.45, 7) is -0.243. The van der Waals surface area contributed by atoms with Crippen LogP contribution in [0.15, 0.2) is 83.8 Å². The molecule has 4 rings (SSSR count). The molecular weight excluding hydrogens is 470 g/mol. The third-order valence-corrected chi connectivity index (χ3v) is 6.84. The van der Waals surface area contributed by atoms with Crippen LogP contribution in [0.5, 0.6) is 0 Å². The Hall–Kier alpha value is -4.58. The Morgan fingerprint density at radius 3 is 2.40 bits per heavy atom. The molecule has 178 valence electrons. The second kappa shape index (κ2) is 9.73. The Morgan fingerprint density at radius 2 is 1.71 bits per heavy atom. The number of amides is 2. The van der Waals surface area contributed by atoms with Crippen LogP contribution < -0.4 is 15.4 Å². The normalized spacial score (nSPS) is 11.1. The minimum Gasteiger partial charge on any atom is -0.366 e. The quantitative estimate of drug-likeness (QED) is 0.382. The summed E-state index contributed by atoms with van der Waals surface area (Å²) >= 11 is 0. The van der Waals surface area contributed by atoms with Crippen LogP contribution in [-0.2, 0) is 21.4 Å². The van der Waals surface area contributed by atoms with Crippen LogP contribution in [0.25, 0.3) is 11.4 Å². The van der Waals surface area contributed by atoms with Gasteiger partial charge in [0.1, 0.15) is 6.54 Å². The van der Waals surface area contributed by atoms with Gasteiger partial charge < -0.3 is 11.1 Å². The highest BCUT2D eigenvalue weighted by molar-refractivity contribution is 7.92. The standard InChI is InChI=1S/C23H21N7O4S/c1-29(19-7-3-2-4-8-19)35(33,34)20-9-5-6-18(14-20)25-21(31)15-30-27-23(26-28-30)17-12-10-16(11-13-17)22(24)32/h2-14H,15H2,1H3,(H2,24,32)(H,25,31). The lowest BCUT2D eigenvalue weighted by atomic mass is 10.1. The maximum Gasteiger partial charge on any atom is 0.264 e. The molecule has 0 spiro atoms. The van der Waals surface area contributed by atoms with Crippen molar-refractivity contribution in [2.24, 2.45) is 5.73 Å². The molecule has 1 aromatic heterocycles. The Morgan fingerprint density at radius 1 is 1.00 bits per heavy atom. The van der Waals surface area contributed by atoms with Crippen LogP contribution in [-0.4, -0.2) is 47.5 Å². The molecule has 0 aliphatic rings. The smallest absolute Gasteiger partial charge is 0.264 e. The van der Waals surface area contributed by atoms with E-state index in [1.54, 1.807) is 66.7 Å². The predicted molar refractivity (Wildman–Crippen MR) is 129 cm³/mol. The molecule has 0 radical (unpaired) electrons. The number of carbonyl (C=O) groups is 2.